The average Bonchev–Trinajstić information content (AvgIpc) is 3.62. The number of furan rings is 1. The monoisotopic (exact) mass is 677 g/mol. The quantitative estimate of drug-likeness (QED) is 0.176. The zero-order valence-corrected chi connectivity index (χ0v) is 28.6. The third-order valence-corrected chi connectivity index (χ3v) is 9.93. The van der Waals surface area contributed by atoms with Crippen molar-refractivity contribution < 1.29 is 4.42 Å². The maximum atomic E-state index is 6.86. The molecular weight excluding hydrogens is 647 g/mol. The molecule has 0 amide bonds. The standard InChI is InChI=1S/C49H31N3O/c1-4-15-32(16-5-1)33-27-29-34(30-28-33)43-39-23-10-11-24-40(39)44(46-45(43)41-25-12-13-26-42(41)53-46)37-21-14-22-38(31-37)49-51-47(35-17-6-2-7-18-35)50-48(52-49)36-19-8-3-9-20-36/h1-31H. The van der Waals surface area contributed by atoms with Gasteiger partial charge >= 0.3 is 0 Å². The molecule has 0 aliphatic carbocycles. The molecule has 248 valence electrons. The normalized spacial score (nSPS) is 11.4. The number of benzene rings is 8. The summed E-state index contributed by atoms with van der Waals surface area (Å²) in [6.07, 6.45) is 0. The van der Waals surface area contributed by atoms with Gasteiger partial charge in [-0.2, -0.15) is 0 Å². The topological polar surface area (TPSA) is 51.8 Å². The molecule has 0 saturated heterocycles. The molecule has 0 unspecified atom stereocenters. The number of hydrogen-bond donors (Lipinski definition) is 0. The summed E-state index contributed by atoms with van der Waals surface area (Å²) in [5.74, 6) is 1.88. The second-order valence-corrected chi connectivity index (χ2v) is 13.2. The number of aromatic nitrogens is 3. The van der Waals surface area contributed by atoms with Crippen LogP contribution in [0.3, 0.4) is 0 Å². The summed E-state index contributed by atoms with van der Waals surface area (Å²) in [6, 6.07) is 65.1. The minimum absolute atomic E-state index is 0.611. The SMILES string of the molecule is c1ccc(-c2ccc(-c3c4ccccc4c(-c4cccc(-c5nc(-c6ccccc6)nc(-c6ccccc6)n5)c4)c4oc5ccccc5c34)cc2)cc1. The van der Waals surface area contributed by atoms with Crippen LogP contribution in [-0.4, -0.2) is 15.0 Å². The second kappa shape index (κ2) is 12.9. The van der Waals surface area contributed by atoms with E-state index < -0.39 is 0 Å². The molecule has 0 spiro atoms. The highest BCUT2D eigenvalue weighted by Crippen LogP contribution is 2.48. The van der Waals surface area contributed by atoms with Crippen molar-refractivity contribution in [2.75, 3.05) is 0 Å². The molecule has 10 aromatic rings. The average molecular weight is 678 g/mol. The van der Waals surface area contributed by atoms with Crippen LogP contribution in [0.15, 0.2) is 192 Å². The van der Waals surface area contributed by atoms with Crippen molar-refractivity contribution in [2.24, 2.45) is 0 Å². The molecule has 10 rings (SSSR count). The molecule has 0 radical (unpaired) electrons. The number of hydrogen-bond acceptors (Lipinski definition) is 4. The van der Waals surface area contributed by atoms with Crippen molar-refractivity contribution in [3.63, 3.8) is 0 Å². The van der Waals surface area contributed by atoms with E-state index in [1.54, 1.807) is 0 Å². The van der Waals surface area contributed by atoms with Crippen LogP contribution in [-0.2, 0) is 0 Å². The van der Waals surface area contributed by atoms with Crippen LogP contribution in [0.5, 0.6) is 0 Å². The molecule has 2 aromatic heterocycles. The Balaban J connectivity index is 1.20. The van der Waals surface area contributed by atoms with Crippen LogP contribution in [0.1, 0.15) is 0 Å². The Morgan fingerprint density at radius 1 is 0.302 bits per heavy atom. The summed E-state index contributed by atoms with van der Waals surface area (Å²) in [5.41, 5.74) is 11.2. The lowest BCUT2D eigenvalue weighted by Gasteiger charge is -2.16. The Bertz CT molecular complexity index is 2860. The van der Waals surface area contributed by atoms with Gasteiger partial charge in [0, 0.05) is 38.6 Å². The number of rotatable bonds is 6. The maximum absolute atomic E-state index is 6.86. The van der Waals surface area contributed by atoms with Crippen molar-refractivity contribution in [1.29, 1.82) is 0 Å². The molecule has 0 saturated carbocycles. The van der Waals surface area contributed by atoms with Gasteiger partial charge in [0.25, 0.3) is 0 Å². The summed E-state index contributed by atoms with van der Waals surface area (Å²) >= 11 is 0. The molecule has 0 atom stereocenters. The Kier molecular flexibility index (Phi) is 7.43. The van der Waals surface area contributed by atoms with E-state index in [0.29, 0.717) is 17.5 Å². The smallest absolute Gasteiger partial charge is 0.164 e. The second-order valence-electron chi connectivity index (χ2n) is 13.2. The predicted octanol–water partition coefficient (Wildman–Crippen LogP) is 12.9. The number of para-hydroxylation sites is 1. The minimum Gasteiger partial charge on any atom is -0.455 e. The van der Waals surface area contributed by atoms with Gasteiger partial charge in [-0.25, -0.2) is 15.0 Å². The summed E-state index contributed by atoms with van der Waals surface area (Å²) in [6.45, 7) is 0. The third-order valence-electron chi connectivity index (χ3n) is 9.93. The van der Waals surface area contributed by atoms with Gasteiger partial charge in [-0.15, -0.1) is 0 Å². The molecule has 0 fully saturated rings. The molecule has 2 heterocycles. The van der Waals surface area contributed by atoms with Gasteiger partial charge in [0.15, 0.2) is 17.5 Å². The lowest BCUT2D eigenvalue weighted by molar-refractivity contribution is 0.670. The lowest BCUT2D eigenvalue weighted by atomic mass is 9.87. The molecule has 4 nitrogen and oxygen atoms in total. The highest BCUT2D eigenvalue weighted by molar-refractivity contribution is 6.26. The largest absolute Gasteiger partial charge is 0.455 e. The fourth-order valence-electron chi connectivity index (χ4n) is 7.44. The van der Waals surface area contributed by atoms with Crippen LogP contribution in [0.2, 0.25) is 0 Å². The third kappa shape index (κ3) is 5.45. The van der Waals surface area contributed by atoms with Crippen LogP contribution < -0.4 is 0 Å². The van der Waals surface area contributed by atoms with E-state index in [2.05, 4.69) is 121 Å². The van der Waals surface area contributed by atoms with Crippen molar-refractivity contribution in [1.82, 2.24) is 15.0 Å². The van der Waals surface area contributed by atoms with E-state index in [0.717, 1.165) is 71.7 Å². The fraction of sp³-hybridized carbons (Fsp3) is 0. The van der Waals surface area contributed by atoms with Crippen molar-refractivity contribution in [2.45, 2.75) is 0 Å². The molecule has 53 heavy (non-hydrogen) atoms. The lowest BCUT2D eigenvalue weighted by Crippen LogP contribution is -2.00. The molecular formula is C49H31N3O. The molecule has 4 heteroatoms. The molecule has 8 aromatic carbocycles. The zero-order chi connectivity index (χ0) is 35.1. The number of nitrogens with zero attached hydrogens (tertiary/aromatic N) is 3. The van der Waals surface area contributed by atoms with E-state index in [-0.39, 0.29) is 0 Å². The van der Waals surface area contributed by atoms with Crippen LogP contribution >= 0.6 is 0 Å². The van der Waals surface area contributed by atoms with Crippen molar-refractivity contribution in [3.8, 4) is 67.5 Å². The first-order chi connectivity index (χ1) is 26.3. The first-order valence-corrected chi connectivity index (χ1v) is 17.8. The van der Waals surface area contributed by atoms with Crippen LogP contribution in [0.4, 0.5) is 0 Å². The van der Waals surface area contributed by atoms with E-state index in [4.69, 9.17) is 19.4 Å². The van der Waals surface area contributed by atoms with Crippen LogP contribution in [0, 0.1) is 0 Å². The minimum atomic E-state index is 0.611. The summed E-state index contributed by atoms with van der Waals surface area (Å²) in [4.78, 5) is 15.0. The van der Waals surface area contributed by atoms with Gasteiger partial charge in [-0.05, 0) is 45.2 Å². The van der Waals surface area contributed by atoms with Gasteiger partial charge in [-0.3, -0.25) is 0 Å². The Morgan fingerprint density at radius 2 is 0.736 bits per heavy atom. The maximum Gasteiger partial charge on any atom is 0.164 e. The molecule has 0 aliphatic heterocycles. The number of fused-ring (bicyclic) bond motifs is 4. The Morgan fingerprint density at radius 3 is 1.36 bits per heavy atom. The summed E-state index contributed by atoms with van der Waals surface area (Å²) in [7, 11) is 0. The molecule has 0 N–H and O–H groups in total. The van der Waals surface area contributed by atoms with Crippen molar-refractivity contribution >= 4 is 32.7 Å². The highest BCUT2D eigenvalue weighted by Gasteiger charge is 2.23. The van der Waals surface area contributed by atoms with E-state index in [1.807, 2.05) is 66.7 Å². The van der Waals surface area contributed by atoms with Crippen LogP contribution in [0.25, 0.3) is 100 Å². The van der Waals surface area contributed by atoms with Gasteiger partial charge in [0.2, 0.25) is 0 Å². The van der Waals surface area contributed by atoms with E-state index in [1.165, 1.54) is 11.1 Å². The fourth-order valence-corrected chi connectivity index (χ4v) is 7.44. The van der Waals surface area contributed by atoms with Gasteiger partial charge in [0.05, 0.1) is 0 Å². The predicted molar refractivity (Wildman–Crippen MR) is 217 cm³/mol. The highest BCUT2D eigenvalue weighted by atomic mass is 16.3. The van der Waals surface area contributed by atoms with Crippen molar-refractivity contribution in [3.05, 3.63) is 188 Å². The Labute approximate surface area is 306 Å². The first-order valence-electron chi connectivity index (χ1n) is 17.8. The molecule has 0 aliphatic rings. The van der Waals surface area contributed by atoms with Gasteiger partial charge in [-0.1, -0.05) is 176 Å². The molecule has 0 bridgehead atoms. The zero-order valence-electron chi connectivity index (χ0n) is 28.6. The summed E-state index contributed by atoms with van der Waals surface area (Å²) < 4.78 is 6.86. The Hall–Kier alpha value is -7.17. The first kappa shape index (κ1) is 30.6. The van der Waals surface area contributed by atoms with E-state index >= 15 is 0 Å². The van der Waals surface area contributed by atoms with Gasteiger partial charge < -0.3 is 4.42 Å². The summed E-state index contributed by atoms with van der Waals surface area (Å²) in [5, 5.41) is 4.47. The van der Waals surface area contributed by atoms with Gasteiger partial charge in [0.1, 0.15) is 11.2 Å². The van der Waals surface area contributed by atoms with E-state index in [9.17, 15) is 0 Å².